The molecule has 0 spiro atoms. The maximum absolute atomic E-state index is 14.6. The molecule has 0 atom stereocenters. The van der Waals surface area contributed by atoms with Gasteiger partial charge >= 0.3 is 0 Å². The zero-order valence-corrected chi connectivity index (χ0v) is 13.4. The van der Waals surface area contributed by atoms with Crippen LogP contribution in [0, 0.1) is 11.6 Å². The van der Waals surface area contributed by atoms with Crippen LogP contribution in [0.3, 0.4) is 0 Å². The van der Waals surface area contributed by atoms with Crippen LogP contribution in [0.25, 0.3) is 22.3 Å². The largest absolute Gasteiger partial charge is 0.299 e. The quantitative estimate of drug-likeness (QED) is 0.569. The third kappa shape index (κ3) is 2.83. The van der Waals surface area contributed by atoms with Gasteiger partial charge in [-0.1, -0.05) is 0 Å². The van der Waals surface area contributed by atoms with Gasteiger partial charge in [0.05, 0.1) is 18.3 Å². The number of benzene rings is 1. The average molecular weight is 350 g/mol. The van der Waals surface area contributed by atoms with Gasteiger partial charge in [-0.25, -0.2) is 18.7 Å². The van der Waals surface area contributed by atoms with Gasteiger partial charge in [0, 0.05) is 24.2 Å². The van der Waals surface area contributed by atoms with Crippen LogP contribution in [-0.4, -0.2) is 19.5 Å². The summed E-state index contributed by atoms with van der Waals surface area (Å²) in [6, 6.07) is 9.11. The van der Waals surface area contributed by atoms with Gasteiger partial charge in [0.1, 0.15) is 11.6 Å². The van der Waals surface area contributed by atoms with Crippen molar-refractivity contribution < 1.29 is 8.78 Å². The van der Waals surface area contributed by atoms with E-state index in [1.807, 2.05) is 0 Å². The Morgan fingerprint density at radius 2 is 1.65 bits per heavy atom. The van der Waals surface area contributed by atoms with Crippen LogP contribution in [0.15, 0.2) is 66.0 Å². The lowest BCUT2D eigenvalue weighted by molar-refractivity contribution is 0.545. The van der Waals surface area contributed by atoms with Gasteiger partial charge in [0.15, 0.2) is 5.65 Å². The molecule has 0 bridgehead atoms. The van der Waals surface area contributed by atoms with Crippen LogP contribution < -0.4 is 5.56 Å². The van der Waals surface area contributed by atoms with Gasteiger partial charge in [-0.3, -0.25) is 14.3 Å². The van der Waals surface area contributed by atoms with Crippen LogP contribution >= 0.6 is 0 Å². The van der Waals surface area contributed by atoms with Crippen molar-refractivity contribution in [2.24, 2.45) is 0 Å². The Kier molecular flexibility index (Phi) is 3.96. The van der Waals surface area contributed by atoms with Gasteiger partial charge in [0.2, 0.25) is 0 Å². The number of hydrogen-bond donors (Lipinski definition) is 0. The topological polar surface area (TPSA) is 60.7 Å². The second-order valence-corrected chi connectivity index (χ2v) is 5.68. The highest BCUT2D eigenvalue weighted by Crippen LogP contribution is 2.24. The molecule has 0 N–H and O–H groups in total. The SMILES string of the molecule is O=c1cnc2ncccc2n1Cc1c(F)cc(-c2ccncc2)cc1F. The summed E-state index contributed by atoms with van der Waals surface area (Å²) in [5.74, 6) is -1.45. The minimum atomic E-state index is -0.724. The van der Waals surface area contributed by atoms with Gasteiger partial charge in [0.25, 0.3) is 5.56 Å². The zero-order chi connectivity index (χ0) is 18.1. The number of halogens is 2. The summed E-state index contributed by atoms with van der Waals surface area (Å²) < 4.78 is 30.5. The molecule has 3 heterocycles. The summed E-state index contributed by atoms with van der Waals surface area (Å²) in [6.45, 7) is -0.252. The molecule has 128 valence electrons. The molecule has 1 aromatic carbocycles. The Morgan fingerprint density at radius 3 is 2.38 bits per heavy atom. The minimum absolute atomic E-state index is 0.193. The summed E-state index contributed by atoms with van der Waals surface area (Å²) in [7, 11) is 0. The van der Waals surface area contributed by atoms with Gasteiger partial charge < -0.3 is 0 Å². The second-order valence-electron chi connectivity index (χ2n) is 5.68. The van der Waals surface area contributed by atoms with Crippen molar-refractivity contribution in [2.75, 3.05) is 0 Å². The van der Waals surface area contributed by atoms with E-state index in [2.05, 4.69) is 15.0 Å². The molecule has 0 aliphatic heterocycles. The molecule has 0 radical (unpaired) electrons. The van der Waals surface area contributed by atoms with Crippen molar-refractivity contribution >= 4 is 11.2 Å². The molecule has 3 aromatic heterocycles. The molecule has 0 saturated carbocycles. The molecule has 0 fully saturated rings. The number of pyridine rings is 2. The lowest BCUT2D eigenvalue weighted by Crippen LogP contribution is -2.22. The molecule has 7 heteroatoms. The van der Waals surface area contributed by atoms with E-state index in [-0.39, 0.29) is 12.1 Å². The Balaban J connectivity index is 1.81. The van der Waals surface area contributed by atoms with Crippen LogP contribution in [0.4, 0.5) is 8.78 Å². The summed E-state index contributed by atoms with van der Waals surface area (Å²) in [5.41, 5.74) is 1.15. The fraction of sp³-hybridized carbons (Fsp3) is 0.0526. The molecule has 0 saturated heterocycles. The maximum Gasteiger partial charge on any atom is 0.269 e. The normalized spacial score (nSPS) is 11.0. The lowest BCUT2D eigenvalue weighted by atomic mass is 10.0. The van der Waals surface area contributed by atoms with Gasteiger partial charge in [-0.2, -0.15) is 0 Å². The fourth-order valence-corrected chi connectivity index (χ4v) is 2.79. The lowest BCUT2D eigenvalue weighted by Gasteiger charge is -2.12. The number of rotatable bonds is 3. The van der Waals surface area contributed by atoms with E-state index in [1.165, 1.54) is 22.9 Å². The van der Waals surface area contributed by atoms with Crippen molar-refractivity contribution in [1.82, 2.24) is 19.5 Å². The third-order valence-corrected chi connectivity index (χ3v) is 4.09. The van der Waals surface area contributed by atoms with E-state index in [4.69, 9.17) is 0 Å². The minimum Gasteiger partial charge on any atom is -0.299 e. The Morgan fingerprint density at radius 1 is 0.923 bits per heavy atom. The predicted molar refractivity (Wildman–Crippen MR) is 92.5 cm³/mol. The van der Waals surface area contributed by atoms with E-state index in [9.17, 15) is 13.6 Å². The molecule has 5 nitrogen and oxygen atoms in total. The smallest absolute Gasteiger partial charge is 0.269 e. The summed E-state index contributed by atoms with van der Waals surface area (Å²) >= 11 is 0. The molecule has 4 rings (SSSR count). The highest BCUT2D eigenvalue weighted by Gasteiger charge is 2.15. The van der Waals surface area contributed by atoms with E-state index in [1.54, 1.807) is 36.7 Å². The summed E-state index contributed by atoms with van der Waals surface area (Å²) in [6.07, 6.45) is 5.73. The number of nitrogens with zero attached hydrogens (tertiary/aromatic N) is 4. The Bertz CT molecular complexity index is 1140. The molecule has 0 unspecified atom stereocenters. The Hall–Kier alpha value is -3.48. The number of hydrogen-bond acceptors (Lipinski definition) is 4. The van der Waals surface area contributed by atoms with Crippen LogP contribution in [0.1, 0.15) is 5.56 Å². The van der Waals surface area contributed by atoms with Crippen molar-refractivity contribution in [2.45, 2.75) is 6.54 Å². The van der Waals surface area contributed by atoms with Gasteiger partial charge in [-0.15, -0.1) is 0 Å². The first kappa shape index (κ1) is 16.0. The molecule has 0 aliphatic carbocycles. The Labute approximate surface area is 146 Å². The molecule has 0 amide bonds. The molecule has 26 heavy (non-hydrogen) atoms. The molecular formula is C19H12F2N4O. The average Bonchev–Trinajstić information content (AvgIpc) is 2.66. The maximum atomic E-state index is 14.6. The molecular weight excluding hydrogens is 338 g/mol. The van der Waals surface area contributed by atoms with E-state index < -0.39 is 17.2 Å². The number of fused-ring (bicyclic) bond motifs is 1. The standard InChI is InChI=1S/C19H12F2N4O/c20-15-8-13(12-3-6-22-7-4-12)9-16(21)14(15)11-25-17-2-1-5-23-19(17)24-10-18(25)26/h1-10H,11H2. The van der Waals surface area contributed by atoms with E-state index >= 15 is 0 Å². The molecule has 0 aliphatic rings. The monoisotopic (exact) mass is 350 g/mol. The first-order valence-electron chi connectivity index (χ1n) is 7.82. The molecule has 4 aromatic rings. The van der Waals surface area contributed by atoms with E-state index in [0.717, 1.165) is 6.20 Å². The first-order chi connectivity index (χ1) is 12.6. The second kappa shape index (κ2) is 6.44. The van der Waals surface area contributed by atoms with Crippen LogP contribution in [0.2, 0.25) is 0 Å². The first-order valence-corrected chi connectivity index (χ1v) is 7.82. The zero-order valence-electron chi connectivity index (χ0n) is 13.4. The van der Waals surface area contributed by atoms with Gasteiger partial charge in [-0.05, 0) is 47.5 Å². The fourth-order valence-electron chi connectivity index (χ4n) is 2.79. The number of aromatic nitrogens is 4. The van der Waals surface area contributed by atoms with E-state index in [0.29, 0.717) is 22.3 Å². The van der Waals surface area contributed by atoms with Crippen LogP contribution in [0.5, 0.6) is 0 Å². The van der Waals surface area contributed by atoms with Crippen LogP contribution in [-0.2, 0) is 6.54 Å². The third-order valence-electron chi connectivity index (χ3n) is 4.09. The van der Waals surface area contributed by atoms with Crippen molar-refractivity contribution in [3.63, 3.8) is 0 Å². The highest BCUT2D eigenvalue weighted by molar-refractivity contribution is 5.69. The summed E-state index contributed by atoms with van der Waals surface area (Å²) in [5, 5.41) is 0. The highest BCUT2D eigenvalue weighted by atomic mass is 19.1. The van der Waals surface area contributed by atoms with Crippen molar-refractivity contribution in [3.8, 4) is 11.1 Å². The van der Waals surface area contributed by atoms with Crippen molar-refractivity contribution in [3.05, 3.63) is 88.7 Å². The summed E-state index contributed by atoms with van der Waals surface area (Å²) in [4.78, 5) is 24.1. The predicted octanol–water partition coefficient (Wildman–Crippen LogP) is 3.18. The van der Waals surface area contributed by atoms with Crippen molar-refractivity contribution in [1.29, 1.82) is 0 Å².